The van der Waals surface area contributed by atoms with E-state index in [-0.39, 0.29) is 32.4 Å². The summed E-state index contributed by atoms with van der Waals surface area (Å²) in [6, 6.07) is 9.74. The van der Waals surface area contributed by atoms with Crippen molar-refractivity contribution >= 4 is 38.9 Å². The van der Waals surface area contributed by atoms with E-state index in [4.69, 9.17) is 11.6 Å². The highest BCUT2D eigenvalue weighted by Crippen LogP contribution is 2.24. The van der Waals surface area contributed by atoms with Crippen LogP contribution >= 0.6 is 11.6 Å². The Bertz CT molecular complexity index is 1140. The maximum Gasteiger partial charge on any atom is 0.278 e. The van der Waals surface area contributed by atoms with Gasteiger partial charge in [0.1, 0.15) is 0 Å². The molecule has 11 heteroatoms. The zero-order valence-electron chi connectivity index (χ0n) is 16.7. The van der Waals surface area contributed by atoms with Crippen molar-refractivity contribution in [3.63, 3.8) is 0 Å². The Hall–Kier alpha value is -2.82. The number of sulfonamides is 1. The fourth-order valence-corrected chi connectivity index (χ4v) is 5.00. The predicted octanol–water partition coefficient (Wildman–Crippen LogP) is 3.58. The lowest BCUT2D eigenvalue weighted by Crippen LogP contribution is -2.35. The van der Waals surface area contributed by atoms with E-state index in [9.17, 15) is 23.3 Å². The standard InChI is InChI=1S/C20H21ClN4O5S/c1-14(18-13-16(21)8-9-19(18)25(27)28)22-23-20(26)15-6-5-7-17(12-15)31(29,30)24-10-3-2-4-11-24/h5-9,12-13H,2-4,10-11H2,1H3,(H,23,26)/b22-14+. The van der Waals surface area contributed by atoms with Crippen molar-refractivity contribution in [2.45, 2.75) is 31.1 Å². The van der Waals surface area contributed by atoms with Gasteiger partial charge < -0.3 is 0 Å². The Morgan fingerprint density at radius 1 is 1.16 bits per heavy atom. The molecule has 1 N–H and O–H groups in total. The Balaban J connectivity index is 1.81. The lowest BCUT2D eigenvalue weighted by Gasteiger charge is -2.25. The number of rotatable bonds is 6. The number of nitro benzene ring substituents is 1. The summed E-state index contributed by atoms with van der Waals surface area (Å²) < 4.78 is 27.1. The first-order valence-corrected chi connectivity index (χ1v) is 11.4. The number of carbonyl (C=O) groups excluding carboxylic acids is 1. The molecule has 0 aliphatic carbocycles. The van der Waals surface area contributed by atoms with E-state index in [1.807, 2.05) is 0 Å². The maximum absolute atomic E-state index is 12.8. The van der Waals surface area contributed by atoms with Gasteiger partial charge in [0.25, 0.3) is 11.6 Å². The van der Waals surface area contributed by atoms with Crippen LogP contribution in [0.15, 0.2) is 52.5 Å². The minimum Gasteiger partial charge on any atom is -0.267 e. The van der Waals surface area contributed by atoms with Crippen molar-refractivity contribution < 1.29 is 18.1 Å². The van der Waals surface area contributed by atoms with Crippen molar-refractivity contribution in [3.05, 3.63) is 68.7 Å². The maximum atomic E-state index is 12.8. The molecule has 1 fully saturated rings. The van der Waals surface area contributed by atoms with E-state index in [1.165, 1.54) is 53.7 Å². The molecule has 0 aromatic heterocycles. The van der Waals surface area contributed by atoms with E-state index >= 15 is 0 Å². The molecule has 1 amide bonds. The smallest absolute Gasteiger partial charge is 0.267 e. The van der Waals surface area contributed by atoms with Gasteiger partial charge in [0.05, 0.1) is 21.1 Å². The van der Waals surface area contributed by atoms with Gasteiger partial charge in [-0.2, -0.15) is 9.41 Å². The second kappa shape index (κ2) is 9.54. The first-order chi connectivity index (χ1) is 14.7. The predicted molar refractivity (Wildman–Crippen MR) is 117 cm³/mol. The lowest BCUT2D eigenvalue weighted by atomic mass is 10.1. The number of amides is 1. The van der Waals surface area contributed by atoms with Crippen molar-refractivity contribution in [2.24, 2.45) is 5.10 Å². The molecule has 2 aromatic carbocycles. The van der Waals surface area contributed by atoms with Crippen molar-refractivity contribution in [1.82, 2.24) is 9.73 Å². The normalized spacial score (nSPS) is 15.5. The minimum atomic E-state index is -3.68. The summed E-state index contributed by atoms with van der Waals surface area (Å²) in [6.45, 7) is 2.41. The third-order valence-corrected chi connectivity index (χ3v) is 7.05. The van der Waals surface area contributed by atoms with Gasteiger partial charge in [-0.25, -0.2) is 13.8 Å². The van der Waals surface area contributed by atoms with E-state index in [2.05, 4.69) is 10.5 Å². The first-order valence-electron chi connectivity index (χ1n) is 9.59. The molecule has 0 saturated carbocycles. The second-order valence-corrected chi connectivity index (χ2v) is 9.42. The van der Waals surface area contributed by atoms with Gasteiger partial charge >= 0.3 is 0 Å². The van der Waals surface area contributed by atoms with Crippen LogP contribution in [0.25, 0.3) is 0 Å². The second-order valence-electron chi connectivity index (χ2n) is 7.05. The van der Waals surface area contributed by atoms with Crippen LogP contribution in [0.1, 0.15) is 42.1 Å². The Labute approximate surface area is 184 Å². The molecule has 1 heterocycles. The summed E-state index contributed by atoms with van der Waals surface area (Å²) in [5.41, 5.74) is 2.57. The quantitative estimate of drug-likeness (QED) is 0.397. The van der Waals surface area contributed by atoms with Crippen LogP contribution in [0, 0.1) is 10.1 Å². The molecule has 0 unspecified atom stereocenters. The number of carbonyl (C=O) groups is 1. The van der Waals surface area contributed by atoms with Crippen LogP contribution in [-0.2, 0) is 10.0 Å². The van der Waals surface area contributed by atoms with E-state index in [1.54, 1.807) is 0 Å². The topological polar surface area (TPSA) is 122 Å². The van der Waals surface area contributed by atoms with Crippen LogP contribution in [0.4, 0.5) is 5.69 Å². The Morgan fingerprint density at radius 3 is 2.55 bits per heavy atom. The van der Waals surface area contributed by atoms with Crippen molar-refractivity contribution in [3.8, 4) is 0 Å². The fraction of sp³-hybridized carbons (Fsp3) is 0.300. The Kier molecular flexibility index (Phi) is 7.04. The molecule has 0 atom stereocenters. The van der Waals surface area contributed by atoms with Gasteiger partial charge in [-0.05, 0) is 50.1 Å². The van der Waals surface area contributed by atoms with Crippen LogP contribution in [0.3, 0.4) is 0 Å². The molecular formula is C20H21ClN4O5S. The SMILES string of the molecule is C/C(=N\NC(=O)c1cccc(S(=O)(=O)N2CCCCC2)c1)c1cc(Cl)ccc1[N+](=O)[O-]. The highest BCUT2D eigenvalue weighted by molar-refractivity contribution is 7.89. The van der Waals surface area contributed by atoms with Gasteiger partial charge in [0, 0.05) is 29.7 Å². The van der Waals surface area contributed by atoms with Crippen LogP contribution in [-0.4, -0.2) is 42.4 Å². The largest absolute Gasteiger partial charge is 0.278 e. The summed E-state index contributed by atoms with van der Waals surface area (Å²) in [4.78, 5) is 23.2. The molecule has 1 saturated heterocycles. The molecule has 164 valence electrons. The molecule has 31 heavy (non-hydrogen) atoms. The zero-order valence-corrected chi connectivity index (χ0v) is 18.3. The molecule has 1 aliphatic rings. The molecule has 3 rings (SSSR count). The highest BCUT2D eigenvalue weighted by atomic mass is 35.5. The number of halogens is 1. The number of hydrogen-bond acceptors (Lipinski definition) is 6. The molecule has 0 spiro atoms. The van der Waals surface area contributed by atoms with Gasteiger partial charge in [-0.15, -0.1) is 0 Å². The number of benzene rings is 2. The average molecular weight is 465 g/mol. The molecule has 0 radical (unpaired) electrons. The lowest BCUT2D eigenvalue weighted by molar-refractivity contribution is -0.385. The fourth-order valence-electron chi connectivity index (χ4n) is 3.27. The number of nitro groups is 1. The molecular weight excluding hydrogens is 444 g/mol. The Morgan fingerprint density at radius 2 is 1.87 bits per heavy atom. The zero-order chi connectivity index (χ0) is 22.6. The van der Waals surface area contributed by atoms with Crippen LogP contribution < -0.4 is 5.43 Å². The summed E-state index contributed by atoms with van der Waals surface area (Å²) >= 11 is 5.92. The van der Waals surface area contributed by atoms with Crippen molar-refractivity contribution in [2.75, 3.05) is 13.1 Å². The number of hydrazone groups is 1. The summed E-state index contributed by atoms with van der Waals surface area (Å²) in [5, 5.41) is 15.4. The third-order valence-electron chi connectivity index (χ3n) is 4.92. The third kappa shape index (κ3) is 5.27. The molecule has 2 aromatic rings. The van der Waals surface area contributed by atoms with Gasteiger partial charge in [-0.1, -0.05) is 24.1 Å². The molecule has 1 aliphatic heterocycles. The summed E-state index contributed by atoms with van der Waals surface area (Å²) in [6.07, 6.45) is 2.61. The molecule has 0 bridgehead atoms. The van der Waals surface area contributed by atoms with Gasteiger partial charge in [-0.3, -0.25) is 14.9 Å². The van der Waals surface area contributed by atoms with Gasteiger partial charge in [0.15, 0.2) is 0 Å². The van der Waals surface area contributed by atoms with Crippen molar-refractivity contribution in [1.29, 1.82) is 0 Å². The number of hydrogen-bond donors (Lipinski definition) is 1. The number of nitrogens with zero attached hydrogens (tertiary/aromatic N) is 3. The van der Waals surface area contributed by atoms with E-state index in [0.29, 0.717) is 13.1 Å². The van der Waals surface area contributed by atoms with E-state index in [0.717, 1.165) is 19.3 Å². The highest BCUT2D eigenvalue weighted by Gasteiger charge is 2.26. The van der Waals surface area contributed by atoms with Crippen LogP contribution in [0.2, 0.25) is 5.02 Å². The summed E-state index contributed by atoms with van der Waals surface area (Å²) in [5.74, 6) is -0.639. The van der Waals surface area contributed by atoms with Crippen LogP contribution in [0.5, 0.6) is 0 Å². The summed E-state index contributed by atoms with van der Waals surface area (Å²) in [7, 11) is -3.68. The first kappa shape index (κ1) is 22.9. The number of piperidine rings is 1. The molecule has 9 nitrogen and oxygen atoms in total. The minimum absolute atomic E-state index is 0.0354. The average Bonchev–Trinajstić information content (AvgIpc) is 2.77. The monoisotopic (exact) mass is 464 g/mol. The number of nitrogens with one attached hydrogen (secondary N) is 1. The van der Waals surface area contributed by atoms with E-state index < -0.39 is 20.9 Å². The van der Waals surface area contributed by atoms with Gasteiger partial charge in [0.2, 0.25) is 10.0 Å².